The first kappa shape index (κ1) is 75.6. The Morgan fingerprint density at radius 1 is 0.636 bits per heavy atom. The van der Waals surface area contributed by atoms with Crippen molar-refractivity contribution in [1.29, 1.82) is 0 Å². The van der Waals surface area contributed by atoms with Gasteiger partial charge in [0.1, 0.15) is 66.5 Å². The van der Waals surface area contributed by atoms with Gasteiger partial charge in [-0.1, -0.05) is 91.1 Å². The summed E-state index contributed by atoms with van der Waals surface area (Å²) in [6, 6.07) is -7.56. The molecule has 22 N–H and O–H groups in total. The van der Waals surface area contributed by atoms with Crippen molar-refractivity contribution in [1.82, 2.24) is 53.2 Å². The molecule has 492 valence electrons. The number of ether oxygens (including phenoxy) is 1. The standard InChI is InChI=1S/C56H92N16O16/c1-9-27(4)41(69-47(79)33(57)24-32-16-13-12-14-17-32)52(84)67-37(25-73)50(82)66-36(19-21-39(58)75)49(81)70-43(29(6)11-3)54(86)71-42(28(5)10-2)53(85)68-38(26-74)51(83)72-44-31(8)88-40(76)22-20-34(45(59)77)64-48(80)35(18-15-23-62-56(60)61)65-46(78)30(7)63-55(44)87/h12-14,16-17,27-31,33-38,41-44,73-74H,9-11,15,18-26,57H2,1-8H3,(H2,58,75)(H2,59,77)(H,63,87)(H,64,80)(H,65,78)(H,66,82)(H,67,84)(H,68,85)(H,69,79)(H,70,81)(H,71,86)(H,72,83)(H4,60,61,62)/t27-,28-,29-,30-,31-,33-,34-,35-,36-,37-,38-,41-,42-,43-,44+/m0/s1. The van der Waals surface area contributed by atoms with Crippen LogP contribution in [0.2, 0.25) is 0 Å². The fraction of sp³-hybridized carbons (Fsp3) is 0.643. The number of rotatable bonds is 32. The molecule has 1 heterocycles. The smallest absolute Gasteiger partial charge is 0.306 e. The lowest BCUT2D eigenvalue weighted by atomic mass is 9.94. The molecule has 12 amide bonds. The number of carbonyl (C=O) groups is 13. The van der Waals surface area contributed by atoms with Crippen molar-refractivity contribution in [2.24, 2.45) is 51.4 Å². The number of primary amides is 2. The summed E-state index contributed by atoms with van der Waals surface area (Å²) in [5.74, 6) is -14.8. The van der Waals surface area contributed by atoms with Crippen LogP contribution >= 0.6 is 0 Å². The van der Waals surface area contributed by atoms with Crippen LogP contribution in [0.15, 0.2) is 35.3 Å². The number of nitrogens with zero attached hydrogens (tertiary/aromatic N) is 1. The van der Waals surface area contributed by atoms with Gasteiger partial charge in [0.2, 0.25) is 70.9 Å². The Bertz CT molecular complexity index is 2610. The molecule has 0 aliphatic carbocycles. The first-order chi connectivity index (χ1) is 41.4. The van der Waals surface area contributed by atoms with Gasteiger partial charge in [-0.05, 0) is 69.3 Å². The van der Waals surface area contributed by atoms with Crippen molar-refractivity contribution in [3.05, 3.63) is 35.9 Å². The molecule has 32 nitrogen and oxygen atoms in total. The van der Waals surface area contributed by atoms with Crippen LogP contribution in [0.1, 0.15) is 119 Å². The van der Waals surface area contributed by atoms with Crippen LogP contribution < -0.4 is 81.8 Å². The summed E-state index contributed by atoms with van der Waals surface area (Å²) >= 11 is 0. The minimum Gasteiger partial charge on any atom is -0.460 e. The summed E-state index contributed by atoms with van der Waals surface area (Å²) in [5.41, 5.74) is 28.7. The number of aliphatic imine (C=N–C) groups is 1. The van der Waals surface area contributed by atoms with Gasteiger partial charge in [-0.15, -0.1) is 0 Å². The van der Waals surface area contributed by atoms with Crippen molar-refractivity contribution in [3.63, 3.8) is 0 Å². The summed E-state index contributed by atoms with van der Waals surface area (Å²) in [4.78, 5) is 180. The molecule has 1 aliphatic heterocycles. The van der Waals surface area contributed by atoms with E-state index < -0.39 is 200 Å². The van der Waals surface area contributed by atoms with E-state index in [4.69, 9.17) is 33.4 Å². The SMILES string of the molecule is CC[C@H](C)[C@H](NC(=O)[C@H](CCC(N)=O)NC(=O)[C@H](CO)NC(=O)[C@@H](NC(=O)[C@@H](N)Cc1ccccc1)[C@@H](C)CC)C(=O)N[C@H](C(=O)N[C@@H](CO)C(=O)N[C@H]1C(=O)N[C@@H](C)C(=O)N[C@@H](CCCN=C(N)N)C(=O)N[C@H](C(N)=O)CCC(=O)O[C@H]1C)[C@@H](C)CC. The summed E-state index contributed by atoms with van der Waals surface area (Å²) in [6.45, 7) is 10.3. The quantitative estimate of drug-likeness (QED) is 0.0138. The Labute approximate surface area is 511 Å². The van der Waals surface area contributed by atoms with Crippen LogP contribution in [0, 0.1) is 17.8 Å². The zero-order chi connectivity index (χ0) is 66.5. The lowest BCUT2D eigenvalue weighted by Crippen LogP contribution is -2.63. The second-order valence-electron chi connectivity index (χ2n) is 21.9. The third-order valence-corrected chi connectivity index (χ3v) is 15.0. The molecule has 32 heteroatoms. The predicted octanol–water partition coefficient (Wildman–Crippen LogP) is -5.92. The molecule has 0 saturated carbocycles. The molecular weight excluding hydrogens is 1150 g/mol. The number of esters is 1. The van der Waals surface area contributed by atoms with Crippen molar-refractivity contribution < 1.29 is 77.3 Å². The highest BCUT2D eigenvalue weighted by molar-refractivity contribution is 5.99. The summed E-state index contributed by atoms with van der Waals surface area (Å²) in [7, 11) is 0. The number of nitrogens with one attached hydrogen (secondary N) is 10. The van der Waals surface area contributed by atoms with Crippen molar-refractivity contribution in [2.45, 2.75) is 192 Å². The van der Waals surface area contributed by atoms with E-state index in [1.807, 2.05) is 0 Å². The van der Waals surface area contributed by atoms with Gasteiger partial charge in [-0.3, -0.25) is 67.3 Å². The number of amides is 12. The minimum absolute atomic E-state index is 0.0468. The van der Waals surface area contributed by atoms with Gasteiger partial charge in [-0.2, -0.15) is 0 Å². The van der Waals surface area contributed by atoms with Gasteiger partial charge in [0, 0.05) is 19.4 Å². The van der Waals surface area contributed by atoms with E-state index >= 15 is 0 Å². The van der Waals surface area contributed by atoms with Crippen LogP contribution in [0.3, 0.4) is 0 Å². The highest BCUT2D eigenvalue weighted by Gasteiger charge is 2.40. The van der Waals surface area contributed by atoms with Crippen LogP contribution in [0.25, 0.3) is 0 Å². The largest absolute Gasteiger partial charge is 0.460 e. The molecule has 88 heavy (non-hydrogen) atoms. The minimum atomic E-state index is -1.87. The number of hydrogen-bond donors (Lipinski definition) is 17. The zero-order valence-corrected chi connectivity index (χ0v) is 51.2. The fourth-order valence-corrected chi connectivity index (χ4v) is 8.80. The number of guanidine groups is 1. The highest BCUT2D eigenvalue weighted by atomic mass is 16.5. The maximum absolute atomic E-state index is 14.4. The Balaban J connectivity index is 2.39. The molecule has 2 rings (SSSR count). The maximum atomic E-state index is 14.4. The monoisotopic (exact) mass is 1240 g/mol. The van der Waals surface area contributed by atoms with Crippen LogP contribution in [0.4, 0.5) is 0 Å². The second-order valence-corrected chi connectivity index (χ2v) is 21.9. The molecule has 15 atom stereocenters. The van der Waals surface area contributed by atoms with Crippen LogP contribution in [-0.2, 0) is 73.5 Å². The number of cyclic esters (lactones) is 1. The van der Waals surface area contributed by atoms with Gasteiger partial charge in [0.15, 0.2) is 5.96 Å². The maximum Gasteiger partial charge on any atom is 0.306 e. The Hall–Kier alpha value is -8.52. The second kappa shape index (κ2) is 37.9. The number of carbonyl (C=O) groups excluding carboxylic acids is 13. The first-order valence-electron chi connectivity index (χ1n) is 29.3. The third-order valence-electron chi connectivity index (χ3n) is 15.0. The lowest BCUT2D eigenvalue weighted by molar-refractivity contribution is -0.153. The van der Waals surface area contributed by atoms with E-state index in [-0.39, 0.29) is 51.0 Å². The Morgan fingerprint density at radius 3 is 1.62 bits per heavy atom. The summed E-state index contributed by atoms with van der Waals surface area (Å²) in [6.07, 6.45) is -2.28. The predicted molar refractivity (Wildman–Crippen MR) is 318 cm³/mol. The number of benzene rings is 1. The molecule has 1 aromatic carbocycles. The molecule has 0 radical (unpaired) electrons. The fourth-order valence-electron chi connectivity index (χ4n) is 8.80. The van der Waals surface area contributed by atoms with Crippen LogP contribution in [-0.4, -0.2) is 185 Å². The molecule has 0 unspecified atom stereocenters. The molecule has 1 aliphatic rings. The van der Waals surface area contributed by atoms with Crippen LogP contribution in [0.5, 0.6) is 0 Å². The van der Waals surface area contributed by atoms with Gasteiger partial charge >= 0.3 is 5.97 Å². The van der Waals surface area contributed by atoms with Crippen molar-refractivity contribution >= 4 is 82.8 Å². The number of aliphatic hydroxyl groups excluding tert-OH is 2. The normalized spacial score (nSPS) is 20.9. The summed E-state index contributed by atoms with van der Waals surface area (Å²) < 4.78 is 5.45. The van der Waals surface area contributed by atoms with E-state index in [1.54, 1.807) is 71.9 Å². The van der Waals surface area contributed by atoms with E-state index in [0.29, 0.717) is 6.42 Å². The zero-order valence-electron chi connectivity index (χ0n) is 51.2. The Kier molecular flexibility index (Phi) is 32.6. The molecule has 1 fully saturated rings. The first-order valence-corrected chi connectivity index (χ1v) is 29.3. The Morgan fingerprint density at radius 2 is 1.12 bits per heavy atom. The third kappa shape index (κ3) is 25.1. The molecular formula is C56H92N16O16. The molecule has 1 saturated heterocycles. The topological polar surface area (TPSA) is 534 Å². The molecule has 0 bridgehead atoms. The average molecular weight is 1250 g/mol. The van der Waals surface area contributed by atoms with Crippen molar-refractivity contribution in [3.8, 4) is 0 Å². The van der Waals surface area contributed by atoms with Gasteiger partial charge in [0.05, 0.1) is 19.3 Å². The van der Waals surface area contributed by atoms with Crippen molar-refractivity contribution in [2.75, 3.05) is 19.8 Å². The number of hydrogen-bond acceptors (Lipinski definition) is 18. The molecule has 0 aromatic heterocycles. The van der Waals surface area contributed by atoms with E-state index in [1.165, 1.54) is 13.8 Å². The van der Waals surface area contributed by atoms with E-state index in [0.717, 1.165) is 5.56 Å². The summed E-state index contributed by atoms with van der Waals surface area (Å²) in [5, 5.41) is 45.4. The molecule has 1 aromatic rings. The lowest BCUT2D eigenvalue weighted by Gasteiger charge is -2.31. The number of nitrogens with two attached hydrogens (primary N) is 5. The van der Waals surface area contributed by atoms with Gasteiger partial charge in [0.25, 0.3) is 0 Å². The number of aliphatic hydroxyl groups is 2. The molecule has 0 spiro atoms. The average Bonchev–Trinajstić information content (AvgIpc) is 3.58. The highest BCUT2D eigenvalue weighted by Crippen LogP contribution is 2.16. The van der Waals surface area contributed by atoms with Gasteiger partial charge in [-0.25, -0.2) is 0 Å². The van der Waals surface area contributed by atoms with E-state index in [9.17, 15) is 72.5 Å². The van der Waals surface area contributed by atoms with Gasteiger partial charge < -0.3 is 96.8 Å². The van der Waals surface area contributed by atoms with E-state index in [2.05, 4.69) is 58.2 Å².